The molecule has 0 aromatic carbocycles. The van der Waals surface area contributed by atoms with Crippen LogP contribution in [0, 0.1) is 0 Å². The molecule has 0 atom stereocenters. The summed E-state index contributed by atoms with van der Waals surface area (Å²) >= 11 is 9.91. The Kier molecular flexibility index (Phi) is 16.7. The van der Waals surface area contributed by atoms with Crippen molar-refractivity contribution in [2.24, 2.45) is 0 Å². The van der Waals surface area contributed by atoms with Gasteiger partial charge in [-0.3, -0.25) is 8.37 Å². The number of hydrogen-bond donors (Lipinski definition) is 0. The van der Waals surface area contributed by atoms with Crippen molar-refractivity contribution in [3.05, 3.63) is 0 Å². The van der Waals surface area contributed by atoms with Crippen LogP contribution in [0.5, 0.6) is 0 Å². The Morgan fingerprint density at radius 3 is 1.50 bits per heavy atom. The van der Waals surface area contributed by atoms with Gasteiger partial charge in [0.2, 0.25) is 0 Å². The second kappa shape index (κ2) is 11.1. The third-order valence-corrected chi connectivity index (χ3v) is 3.56. The van der Waals surface area contributed by atoms with E-state index in [1.807, 2.05) is 0 Å². The molecular weight excluding hydrogens is 255 g/mol. The van der Waals surface area contributed by atoms with Crippen molar-refractivity contribution in [1.82, 2.24) is 0 Å². The summed E-state index contributed by atoms with van der Waals surface area (Å²) in [6.07, 6.45) is 4.52. The first-order valence-corrected chi connectivity index (χ1v) is 7.08. The van der Waals surface area contributed by atoms with E-state index in [4.69, 9.17) is 30.7 Å². The first kappa shape index (κ1) is 21.0. The van der Waals surface area contributed by atoms with Gasteiger partial charge in [-0.1, -0.05) is 12.8 Å². The monoisotopic (exact) mass is 271 g/mol. The minimum atomic E-state index is -2.00. The third kappa shape index (κ3) is 10.2. The predicted molar refractivity (Wildman–Crippen MR) is 65.4 cm³/mol. The third-order valence-electron chi connectivity index (χ3n) is 1.49. The fraction of sp³-hybridized carbons (Fsp3) is 1.00. The van der Waals surface area contributed by atoms with Crippen molar-refractivity contribution in [2.75, 3.05) is 13.2 Å². The van der Waals surface area contributed by atoms with Gasteiger partial charge in [-0.2, -0.15) is 0 Å². The molecule has 8 heteroatoms. The molecule has 0 aromatic heterocycles. The first-order chi connectivity index (χ1) is 5.21. The molecule has 1 rings (SSSR count). The minimum Gasteiger partial charge on any atom is -0.412 e. The first-order valence-electron chi connectivity index (χ1n) is 3.74. The SMILES string of the molecule is O.O.S=S1(=S)OCCCCCCO1.[Na]. The smallest absolute Gasteiger partial charge is 0.137 e. The van der Waals surface area contributed by atoms with Crippen molar-refractivity contribution < 1.29 is 19.3 Å². The van der Waals surface area contributed by atoms with Gasteiger partial charge in [0.15, 0.2) is 0 Å². The zero-order chi connectivity index (χ0) is 8.16. The molecule has 1 radical (unpaired) electrons. The fourth-order valence-electron chi connectivity index (χ4n) is 0.914. The van der Waals surface area contributed by atoms with Crippen LogP contribution < -0.4 is 0 Å². The Balaban J connectivity index is -0.000000403. The Hall–Kier alpha value is 1.63. The summed E-state index contributed by atoms with van der Waals surface area (Å²) in [5.74, 6) is 0. The Bertz CT molecular complexity index is 191. The zero-order valence-electron chi connectivity index (χ0n) is 8.28. The minimum absolute atomic E-state index is 0. The van der Waals surface area contributed by atoms with E-state index in [1.54, 1.807) is 0 Å². The van der Waals surface area contributed by atoms with E-state index in [0.29, 0.717) is 13.2 Å². The second-order valence-corrected chi connectivity index (χ2v) is 7.02. The van der Waals surface area contributed by atoms with E-state index in [0.717, 1.165) is 12.8 Å². The van der Waals surface area contributed by atoms with Crippen molar-refractivity contribution in [1.29, 1.82) is 0 Å². The number of rotatable bonds is 0. The molecule has 0 spiro atoms. The molecule has 83 valence electrons. The predicted octanol–water partition coefficient (Wildman–Crippen LogP) is -0.529. The van der Waals surface area contributed by atoms with Crippen LogP contribution in [0.15, 0.2) is 0 Å². The largest absolute Gasteiger partial charge is 0.412 e. The molecule has 0 aliphatic carbocycles. The van der Waals surface area contributed by atoms with Gasteiger partial charge in [0, 0.05) is 51.9 Å². The molecule has 14 heavy (non-hydrogen) atoms. The van der Waals surface area contributed by atoms with Gasteiger partial charge in [-0.15, -0.1) is 0 Å². The summed E-state index contributed by atoms with van der Waals surface area (Å²) in [4.78, 5) is 0. The molecular formula is C6H16NaO4S3. The molecule has 0 amide bonds. The van der Waals surface area contributed by atoms with Crippen LogP contribution in [0.3, 0.4) is 0 Å². The molecule has 4 N–H and O–H groups in total. The van der Waals surface area contributed by atoms with Crippen LogP contribution in [-0.2, 0) is 38.5 Å². The summed E-state index contributed by atoms with van der Waals surface area (Å²) in [5, 5.41) is 0. The van der Waals surface area contributed by atoms with E-state index in [-0.39, 0.29) is 40.5 Å². The summed E-state index contributed by atoms with van der Waals surface area (Å²) in [5.41, 5.74) is 0. The Morgan fingerprint density at radius 2 is 1.14 bits per heavy atom. The molecule has 0 bridgehead atoms. The summed E-state index contributed by atoms with van der Waals surface area (Å²) in [6.45, 7) is 1.34. The van der Waals surface area contributed by atoms with Gasteiger partial charge in [0.05, 0.1) is 13.2 Å². The zero-order valence-corrected chi connectivity index (χ0v) is 12.7. The molecule has 4 nitrogen and oxygen atoms in total. The van der Waals surface area contributed by atoms with Gasteiger partial charge in [0.25, 0.3) is 0 Å². The van der Waals surface area contributed by atoms with Crippen LogP contribution in [-0.4, -0.2) is 53.7 Å². The maximum atomic E-state index is 5.24. The van der Waals surface area contributed by atoms with Gasteiger partial charge in [-0.05, 0) is 12.8 Å². The summed E-state index contributed by atoms with van der Waals surface area (Å²) in [6, 6.07) is 0. The van der Waals surface area contributed by atoms with E-state index in [9.17, 15) is 0 Å². The van der Waals surface area contributed by atoms with Gasteiger partial charge >= 0.3 is 0 Å². The van der Waals surface area contributed by atoms with Crippen molar-refractivity contribution in [3.8, 4) is 0 Å². The Labute approximate surface area is 117 Å². The van der Waals surface area contributed by atoms with E-state index in [2.05, 4.69) is 0 Å². The molecule has 1 heterocycles. The maximum absolute atomic E-state index is 5.24. The topological polar surface area (TPSA) is 81.5 Å². The summed E-state index contributed by atoms with van der Waals surface area (Å²) < 4.78 is 10.5. The van der Waals surface area contributed by atoms with Crippen LogP contribution >= 0.6 is 0 Å². The normalized spacial score (nSPS) is 20.9. The molecule has 0 aromatic rings. The van der Waals surface area contributed by atoms with Crippen molar-refractivity contribution in [2.45, 2.75) is 25.7 Å². The fourth-order valence-corrected chi connectivity index (χ4v) is 2.44. The number of hydrogen-bond acceptors (Lipinski definition) is 4. The molecule has 1 fully saturated rings. The van der Waals surface area contributed by atoms with E-state index in [1.165, 1.54) is 12.8 Å². The van der Waals surface area contributed by atoms with E-state index >= 15 is 0 Å². The standard InChI is InChI=1S/C6H12O2S3.Na.2H2O/c9-11(10)7-5-3-1-2-4-6-8-11;;;/h1-6H2;;2*1H2. The second-order valence-electron chi connectivity index (χ2n) is 2.47. The van der Waals surface area contributed by atoms with E-state index < -0.39 is 7.71 Å². The van der Waals surface area contributed by atoms with Gasteiger partial charge in [-0.25, -0.2) is 0 Å². The molecule has 1 saturated heterocycles. The molecule has 1 aliphatic rings. The van der Waals surface area contributed by atoms with Crippen LogP contribution in [0.1, 0.15) is 25.7 Å². The molecule has 1 aliphatic heterocycles. The summed E-state index contributed by atoms with van der Waals surface area (Å²) in [7, 11) is -2.00. The van der Waals surface area contributed by atoms with Crippen LogP contribution in [0.4, 0.5) is 0 Å². The van der Waals surface area contributed by atoms with Crippen molar-refractivity contribution in [3.63, 3.8) is 0 Å². The average molecular weight is 271 g/mol. The Morgan fingerprint density at radius 1 is 0.786 bits per heavy atom. The quantitative estimate of drug-likeness (QED) is 0.555. The van der Waals surface area contributed by atoms with Crippen molar-refractivity contribution >= 4 is 59.6 Å². The van der Waals surface area contributed by atoms with Crippen LogP contribution in [0.25, 0.3) is 0 Å². The molecule has 0 saturated carbocycles. The average Bonchev–Trinajstić information content (AvgIpc) is 2.00. The molecule has 0 unspecified atom stereocenters. The maximum Gasteiger partial charge on any atom is 0.137 e. The van der Waals surface area contributed by atoms with Gasteiger partial charge < -0.3 is 11.0 Å². The van der Waals surface area contributed by atoms with Crippen LogP contribution in [0.2, 0.25) is 0 Å². The van der Waals surface area contributed by atoms with Gasteiger partial charge in [0.1, 0.15) is 7.71 Å².